The largest absolute Gasteiger partial charge is 0.349 e. The van der Waals surface area contributed by atoms with Gasteiger partial charge in [-0.15, -0.1) is 11.3 Å². The van der Waals surface area contributed by atoms with E-state index in [9.17, 15) is 9.59 Å². The number of nitrogens with zero attached hydrogens (tertiary/aromatic N) is 3. The lowest BCUT2D eigenvalue weighted by Crippen LogP contribution is -2.38. The number of fused-ring (bicyclic) bond motifs is 1. The maximum atomic E-state index is 12.8. The minimum absolute atomic E-state index is 0.0120. The number of ketones is 1. The van der Waals surface area contributed by atoms with Gasteiger partial charge < -0.3 is 9.88 Å². The van der Waals surface area contributed by atoms with Crippen molar-refractivity contribution >= 4 is 34.1 Å². The highest BCUT2D eigenvalue weighted by molar-refractivity contribution is 7.13. The van der Waals surface area contributed by atoms with Crippen LogP contribution >= 0.6 is 11.3 Å². The number of Topliss-reactive ketones (excluding diaryl/α,β-unsaturated/α-hetero) is 1. The number of aryl methyl sites for hydroxylation is 1. The first kappa shape index (κ1) is 23.1. The minimum atomic E-state index is 0.0120. The molecule has 0 aliphatic heterocycles. The van der Waals surface area contributed by atoms with Crippen LogP contribution in [0.2, 0.25) is 0 Å². The van der Waals surface area contributed by atoms with Crippen LogP contribution in [0.1, 0.15) is 75.9 Å². The number of hydrogen-bond donors (Lipinski definition) is 1. The number of rotatable bonds is 7. The molecule has 7 heteroatoms. The van der Waals surface area contributed by atoms with E-state index in [1.54, 1.807) is 6.20 Å². The summed E-state index contributed by atoms with van der Waals surface area (Å²) in [5, 5.41) is 3.27. The number of hydrogen-bond acceptors (Lipinski definition) is 5. The third-order valence-electron chi connectivity index (χ3n) is 7.39. The first-order chi connectivity index (χ1) is 17.5. The molecule has 184 valence electrons. The van der Waals surface area contributed by atoms with E-state index in [4.69, 9.17) is 4.98 Å². The van der Waals surface area contributed by atoms with Gasteiger partial charge in [-0.3, -0.25) is 14.6 Å². The number of thiophene rings is 1. The summed E-state index contributed by atoms with van der Waals surface area (Å²) in [5.41, 5.74) is 3.41. The first-order valence-corrected chi connectivity index (χ1v) is 13.7. The standard InChI is InChI=1S/C29H30N4O2S/c1-18-8-13-27(36-18)29(35)31-21-5-4-6-22(17-21)33-25-12-11-20(26(34)15-19-9-10-19)16-24(25)32-28(33)23-7-2-3-14-30-23/h2-3,7-8,11-14,16,19,21-22H,4-6,9-10,15,17H2,1H3,(H,31,35). The summed E-state index contributed by atoms with van der Waals surface area (Å²) in [6, 6.07) is 16.0. The summed E-state index contributed by atoms with van der Waals surface area (Å²) in [5.74, 6) is 1.60. The Bertz CT molecular complexity index is 1420. The van der Waals surface area contributed by atoms with E-state index in [1.807, 2.05) is 55.5 Å². The Kier molecular flexibility index (Phi) is 6.17. The van der Waals surface area contributed by atoms with Crippen LogP contribution < -0.4 is 5.32 Å². The molecule has 0 bridgehead atoms. The van der Waals surface area contributed by atoms with Crippen molar-refractivity contribution in [2.24, 2.45) is 5.92 Å². The van der Waals surface area contributed by atoms with Crippen LogP contribution in [0.15, 0.2) is 54.7 Å². The average molecular weight is 499 g/mol. The molecule has 36 heavy (non-hydrogen) atoms. The summed E-state index contributed by atoms with van der Waals surface area (Å²) in [4.78, 5) is 37.1. The van der Waals surface area contributed by atoms with Crippen LogP contribution in [-0.2, 0) is 0 Å². The summed E-state index contributed by atoms with van der Waals surface area (Å²) >= 11 is 1.53. The molecule has 2 saturated carbocycles. The monoisotopic (exact) mass is 498 g/mol. The molecule has 2 fully saturated rings. The predicted molar refractivity (Wildman–Crippen MR) is 142 cm³/mol. The molecule has 3 heterocycles. The molecular formula is C29H30N4O2S. The second-order valence-corrected chi connectivity index (χ2v) is 11.5. The van der Waals surface area contributed by atoms with Gasteiger partial charge in [-0.25, -0.2) is 4.98 Å². The highest BCUT2D eigenvalue weighted by Crippen LogP contribution is 2.37. The number of carbonyl (C=O) groups is 2. The van der Waals surface area contributed by atoms with E-state index in [-0.39, 0.29) is 23.8 Å². The van der Waals surface area contributed by atoms with Gasteiger partial charge in [0, 0.05) is 35.1 Å². The molecule has 0 radical (unpaired) electrons. The zero-order chi connectivity index (χ0) is 24.6. The molecule has 2 atom stereocenters. The van der Waals surface area contributed by atoms with Crippen LogP contribution in [0.25, 0.3) is 22.6 Å². The highest BCUT2D eigenvalue weighted by Gasteiger charge is 2.29. The summed E-state index contributed by atoms with van der Waals surface area (Å²) in [6.07, 6.45) is 8.59. The van der Waals surface area contributed by atoms with Gasteiger partial charge in [0.2, 0.25) is 0 Å². The van der Waals surface area contributed by atoms with Crippen molar-refractivity contribution in [1.29, 1.82) is 0 Å². The van der Waals surface area contributed by atoms with Gasteiger partial charge in [0.25, 0.3) is 5.91 Å². The van der Waals surface area contributed by atoms with E-state index >= 15 is 0 Å². The molecule has 6 rings (SSSR count). The lowest BCUT2D eigenvalue weighted by atomic mass is 9.90. The molecule has 1 N–H and O–H groups in total. The van der Waals surface area contributed by atoms with Gasteiger partial charge >= 0.3 is 0 Å². The van der Waals surface area contributed by atoms with Crippen molar-refractivity contribution in [2.75, 3.05) is 0 Å². The lowest BCUT2D eigenvalue weighted by Gasteiger charge is -2.32. The Balaban J connectivity index is 1.32. The van der Waals surface area contributed by atoms with Crippen LogP contribution in [0.3, 0.4) is 0 Å². The Hall–Kier alpha value is -3.32. The van der Waals surface area contributed by atoms with Gasteiger partial charge in [-0.2, -0.15) is 0 Å². The fourth-order valence-electron chi connectivity index (χ4n) is 5.36. The number of nitrogens with one attached hydrogen (secondary N) is 1. The highest BCUT2D eigenvalue weighted by atomic mass is 32.1. The van der Waals surface area contributed by atoms with Gasteiger partial charge in [-0.1, -0.05) is 6.07 Å². The lowest BCUT2D eigenvalue weighted by molar-refractivity contribution is 0.0924. The maximum absolute atomic E-state index is 12.8. The molecule has 6 nitrogen and oxygen atoms in total. The second kappa shape index (κ2) is 9.62. The molecule has 1 amide bonds. The zero-order valence-electron chi connectivity index (χ0n) is 20.4. The van der Waals surface area contributed by atoms with Crippen molar-refractivity contribution in [3.8, 4) is 11.5 Å². The topological polar surface area (TPSA) is 76.9 Å². The number of pyridine rings is 1. The smallest absolute Gasteiger partial charge is 0.261 e. The summed E-state index contributed by atoms with van der Waals surface area (Å²) in [7, 11) is 0. The van der Waals surface area contributed by atoms with Gasteiger partial charge in [-0.05, 0) is 93.8 Å². The molecule has 1 aromatic carbocycles. The fraction of sp³-hybridized carbons (Fsp3) is 0.379. The van der Waals surface area contributed by atoms with E-state index in [1.165, 1.54) is 11.3 Å². The van der Waals surface area contributed by atoms with Crippen molar-refractivity contribution in [3.05, 3.63) is 70.0 Å². The number of imidazole rings is 1. The normalized spacial score (nSPS) is 19.9. The molecule has 3 aromatic heterocycles. The second-order valence-electron chi connectivity index (χ2n) is 10.2. The Morgan fingerprint density at radius 1 is 1.08 bits per heavy atom. The summed E-state index contributed by atoms with van der Waals surface area (Å²) in [6.45, 7) is 2.02. The van der Waals surface area contributed by atoms with Crippen molar-refractivity contribution < 1.29 is 9.59 Å². The first-order valence-electron chi connectivity index (χ1n) is 12.9. The van der Waals surface area contributed by atoms with E-state index in [0.29, 0.717) is 12.3 Å². The van der Waals surface area contributed by atoms with Gasteiger partial charge in [0.05, 0.1) is 15.9 Å². The van der Waals surface area contributed by atoms with Crippen LogP contribution in [0.4, 0.5) is 0 Å². The van der Waals surface area contributed by atoms with E-state index in [2.05, 4.69) is 14.9 Å². The molecule has 4 aromatic rings. The number of benzene rings is 1. The molecular weight excluding hydrogens is 468 g/mol. The molecule has 0 spiro atoms. The number of carbonyl (C=O) groups excluding carboxylic acids is 2. The van der Waals surface area contributed by atoms with Crippen LogP contribution in [0.5, 0.6) is 0 Å². The molecule has 2 aliphatic rings. The Morgan fingerprint density at radius 3 is 2.72 bits per heavy atom. The van der Waals surface area contributed by atoms with Crippen molar-refractivity contribution in [1.82, 2.24) is 19.9 Å². The van der Waals surface area contributed by atoms with Crippen molar-refractivity contribution in [2.45, 2.75) is 64.0 Å². The molecule has 2 unspecified atom stereocenters. The Morgan fingerprint density at radius 2 is 1.97 bits per heavy atom. The zero-order valence-corrected chi connectivity index (χ0v) is 21.3. The average Bonchev–Trinajstić information content (AvgIpc) is 3.46. The SMILES string of the molecule is Cc1ccc(C(=O)NC2CCCC(n3c(-c4ccccn4)nc4cc(C(=O)CC5CC5)ccc43)C2)s1. The van der Waals surface area contributed by atoms with E-state index in [0.717, 1.165) is 76.4 Å². The molecule has 0 saturated heterocycles. The number of aromatic nitrogens is 3. The third kappa shape index (κ3) is 4.72. The van der Waals surface area contributed by atoms with Crippen LogP contribution in [0, 0.1) is 12.8 Å². The predicted octanol–water partition coefficient (Wildman–Crippen LogP) is 6.36. The van der Waals surface area contributed by atoms with Crippen molar-refractivity contribution in [3.63, 3.8) is 0 Å². The quantitative estimate of drug-likeness (QED) is 0.301. The Labute approximate surface area is 214 Å². The van der Waals surface area contributed by atoms with Gasteiger partial charge in [0.15, 0.2) is 11.6 Å². The fourth-order valence-corrected chi connectivity index (χ4v) is 6.13. The maximum Gasteiger partial charge on any atom is 0.261 e. The van der Waals surface area contributed by atoms with E-state index < -0.39 is 0 Å². The summed E-state index contributed by atoms with van der Waals surface area (Å²) < 4.78 is 2.29. The molecule has 2 aliphatic carbocycles. The van der Waals surface area contributed by atoms with Gasteiger partial charge in [0.1, 0.15) is 5.69 Å². The third-order valence-corrected chi connectivity index (χ3v) is 8.39. The minimum Gasteiger partial charge on any atom is -0.349 e. The number of amides is 1. The van der Waals surface area contributed by atoms with Crippen LogP contribution in [-0.4, -0.2) is 32.3 Å².